The topological polar surface area (TPSA) is 38.3 Å². The second-order valence-electron chi connectivity index (χ2n) is 5.25. The molecule has 1 amide bonds. The summed E-state index contributed by atoms with van der Waals surface area (Å²) in [4.78, 5) is 12.0. The Morgan fingerprint density at radius 2 is 1.80 bits per heavy atom. The van der Waals surface area contributed by atoms with Gasteiger partial charge in [0.15, 0.2) is 0 Å². The van der Waals surface area contributed by atoms with Gasteiger partial charge in [-0.25, -0.2) is 0 Å². The molecular formula is C19H18F3NO2. The van der Waals surface area contributed by atoms with E-state index in [1.54, 1.807) is 18.2 Å². The third kappa shape index (κ3) is 5.38. The largest absolute Gasteiger partial charge is 0.493 e. The molecule has 0 aliphatic carbocycles. The fraction of sp³-hybridized carbons (Fsp3) is 0.211. The van der Waals surface area contributed by atoms with Gasteiger partial charge in [0.1, 0.15) is 5.75 Å². The summed E-state index contributed by atoms with van der Waals surface area (Å²) < 4.78 is 44.4. The highest BCUT2D eigenvalue weighted by Crippen LogP contribution is 2.34. The summed E-state index contributed by atoms with van der Waals surface area (Å²) in [5, 5.41) is 2.26. The molecule has 0 heterocycles. The first kappa shape index (κ1) is 18.6. The van der Waals surface area contributed by atoms with Crippen LogP contribution in [0.5, 0.6) is 5.75 Å². The second-order valence-corrected chi connectivity index (χ2v) is 5.25. The molecule has 0 saturated carbocycles. The van der Waals surface area contributed by atoms with Crippen molar-refractivity contribution < 1.29 is 22.7 Å². The molecule has 6 heteroatoms. The van der Waals surface area contributed by atoms with Crippen LogP contribution in [-0.2, 0) is 11.0 Å². The highest BCUT2D eigenvalue weighted by Gasteiger charge is 2.33. The Bertz CT molecular complexity index is 754. The van der Waals surface area contributed by atoms with Crippen molar-refractivity contribution in [3.8, 4) is 5.75 Å². The number of alkyl halides is 3. The number of nitrogens with one attached hydrogen (secondary N) is 1. The molecule has 0 radical (unpaired) electrons. The van der Waals surface area contributed by atoms with Gasteiger partial charge in [0.2, 0.25) is 5.91 Å². The van der Waals surface area contributed by atoms with Gasteiger partial charge < -0.3 is 10.1 Å². The van der Waals surface area contributed by atoms with Crippen molar-refractivity contribution in [1.82, 2.24) is 0 Å². The molecule has 132 valence electrons. The number of para-hydroxylation sites is 2. The van der Waals surface area contributed by atoms with Crippen molar-refractivity contribution in [2.75, 3.05) is 11.9 Å². The monoisotopic (exact) mass is 349 g/mol. The van der Waals surface area contributed by atoms with Crippen LogP contribution in [0.25, 0.3) is 6.08 Å². The number of benzene rings is 2. The predicted octanol–water partition coefficient (Wildman–Crippen LogP) is 5.15. The number of hydrogen-bond donors (Lipinski definition) is 1. The van der Waals surface area contributed by atoms with Gasteiger partial charge in [-0.15, -0.1) is 0 Å². The minimum Gasteiger partial charge on any atom is -0.493 e. The number of halogens is 3. The van der Waals surface area contributed by atoms with E-state index in [1.165, 1.54) is 30.4 Å². The zero-order valence-corrected chi connectivity index (χ0v) is 13.6. The quantitative estimate of drug-likeness (QED) is 0.733. The molecule has 2 rings (SSSR count). The molecule has 0 atom stereocenters. The molecule has 0 spiro atoms. The average Bonchev–Trinajstić information content (AvgIpc) is 2.58. The van der Waals surface area contributed by atoms with Crippen LogP contribution in [0.2, 0.25) is 0 Å². The van der Waals surface area contributed by atoms with E-state index in [4.69, 9.17) is 4.74 Å². The first-order valence-corrected chi connectivity index (χ1v) is 7.79. The summed E-state index contributed by atoms with van der Waals surface area (Å²) in [5.74, 6) is -0.0360. The van der Waals surface area contributed by atoms with Crippen LogP contribution in [0.4, 0.5) is 18.9 Å². The second kappa shape index (κ2) is 8.37. The van der Waals surface area contributed by atoms with E-state index >= 15 is 0 Å². The Hall–Kier alpha value is -2.76. The molecule has 1 N–H and O–H groups in total. The van der Waals surface area contributed by atoms with Gasteiger partial charge >= 0.3 is 6.18 Å². The average molecular weight is 349 g/mol. The summed E-state index contributed by atoms with van der Waals surface area (Å²) in [6.45, 7) is 2.51. The molecule has 0 unspecified atom stereocenters. The summed E-state index contributed by atoms with van der Waals surface area (Å²) in [6.07, 6.45) is -1.00. The molecule has 0 aliphatic heterocycles. The van der Waals surface area contributed by atoms with Gasteiger partial charge in [-0.3, -0.25) is 4.79 Å². The van der Waals surface area contributed by atoms with Crippen LogP contribution >= 0.6 is 0 Å². The van der Waals surface area contributed by atoms with E-state index in [-0.39, 0.29) is 5.69 Å². The van der Waals surface area contributed by atoms with Gasteiger partial charge in [-0.2, -0.15) is 13.2 Å². The predicted molar refractivity (Wildman–Crippen MR) is 91.3 cm³/mol. The van der Waals surface area contributed by atoms with Crippen molar-refractivity contribution in [3.63, 3.8) is 0 Å². The highest BCUT2D eigenvalue weighted by atomic mass is 19.4. The SMILES string of the molecule is CCCOc1ccccc1C=CC(=O)Nc1ccccc1C(F)(F)F. The number of carbonyl (C=O) groups excluding carboxylic acids is 1. The summed E-state index contributed by atoms with van der Waals surface area (Å²) in [6, 6.07) is 12.0. The van der Waals surface area contributed by atoms with Gasteiger partial charge in [0, 0.05) is 11.6 Å². The van der Waals surface area contributed by atoms with E-state index < -0.39 is 17.6 Å². The fourth-order valence-corrected chi connectivity index (χ4v) is 2.14. The van der Waals surface area contributed by atoms with Crippen LogP contribution in [0.15, 0.2) is 54.6 Å². The Labute approximate surface area is 144 Å². The lowest BCUT2D eigenvalue weighted by Crippen LogP contribution is -2.14. The molecule has 0 aliphatic rings. The standard InChI is InChI=1S/C19H18F3NO2/c1-2-13-25-17-10-6-3-7-14(17)11-12-18(24)23-16-9-5-4-8-15(16)19(20,21)22/h3-12H,2,13H2,1H3,(H,23,24). The Morgan fingerprint density at radius 1 is 1.12 bits per heavy atom. The van der Waals surface area contributed by atoms with E-state index in [0.29, 0.717) is 17.9 Å². The van der Waals surface area contributed by atoms with E-state index in [9.17, 15) is 18.0 Å². The third-order valence-corrected chi connectivity index (χ3v) is 3.29. The first-order chi connectivity index (χ1) is 11.9. The van der Waals surface area contributed by atoms with E-state index in [2.05, 4.69) is 5.32 Å². The lowest BCUT2D eigenvalue weighted by atomic mass is 10.1. The normalized spacial score (nSPS) is 11.5. The third-order valence-electron chi connectivity index (χ3n) is 3.29. The number of hydrogen-bond acceptors (Lipinski definition) is 2. The molecule has 2 aromatic carbocycles. The maximum Gasteiger partial charge on any atom is 0.418 e. The summed E-state index contributed by atoms with van der Waals surface area (Å²) >= 11 is 0. The fourth-order valence-electron chi connectivity index (χ4n) is 2.14. The molecule has 2 aromatic rings. The van der Waals surface area contributed by atoms with Gasteiger partial charge in [0.05, 0.1) is 17.9 Å². The maximum absolute atomic E-state index is 12.9. The van der Waals surface area contributed by atoms with Crippen molar-refractivity contribution in [1.29, 1.82) is 0 Å². The minimum absolute atomic E-state index is 0.278. The molecule has 3 nitrogen and oxygen atoms in total. The number of rotatable bonds is 6. The molecule has 25 heavy (non-hydrogen) atoms. The number of amides is 1. The molecule has 0 bridgehead atoms. The zero-order valence-electron chi connectivity index (χ0n) is 13.6. The van der Waals surface area contributed by atoms with Crippen LogP contribution < -0.4 is 10.1 Å². The van der Waals surface area contributed by atoms with E-state index in [1.807, 2.05) is 13.0 Å². The van der Waals surface area contributed by atoms with Crippen LogP contribution in [0.1, 0.15) is 24.5 Å². The molecule has 0 fully saturated rings. The number of anilines is 1. The molecule has 0 aromatic heterocycles. The summed E-state index contributed by atoms with van der Waals surface area (Å²) in [5.41, 5.74) is -0.487. The summed E-state index contributed by atoms with van der Waals surface area (Å²) in [7, 11) is 0. The Kier molecular flexibility index (Phi) is 6.22. The number of carbonyl (C=O) groups is 1. The Morgan fingerprint density at radius 3 is 2.52 bits per heavy atom. The van der Waals surface area contributed by atoms with Crippen LogP contribution in [0, 0.1) is 0 Å². The van der Waals surface area contributed by atoms with Crippen molar-refractivity contribution in [3.05, 3.63) is 65.7 Å². The van der Waals surface area contributed by atoms with E-state index in [0.717, 1.165) is 12.5 Å². The minimum atomic E-state index is -4.53. The van der Waals surface area contributed by atoms with Crippen LogP contribution in [0.3, 0.4) is 0 Å². The smallest absolute Gasteiger partial charge is 0.418 e. The lowest BCUT2D eigenvalue weighted by molar-refractivity contribution is -0.136. The maximum atomic E-state index is 12.9. The van der Waals surface area contributed by atoms with Crippen molar-refractivity contribution in [2.24, 2.45) is 0 Å². The lowest BCUT2D eigenvalue weighted by Gasteiger charge is -2.12. The highest BCUT2D eigenvalue weighted by molar-refractivity contribution is 6.02. The van der Waals surface area contributed by atoms with Gasteiger partial charge in [-0.05, 0) is 30.7 Å². The first-order valence-electron chi connectivity index (χ1n) is 7.79. The van der Waals surface area contributed by atoms with Crippen molar-refractivity contribution >= 4 is 17.7 Å². The van der Waals surface area contributed by atoms with Gasteiger partial charge in [-0.1, -0.05) is 37.3 Å². The van der Waals surface area contributed by atoms with Crippen LogP contribution in [-0.4, -0.2) is 12.5 Å². The number of ether oxygens (including phenoxy) is 1. The Balaban J connectivity index is 2.13. The molecule has 0 saturated heterocycles. The van der Waals surface area contributed by atoms with Gasteiger partial charge in [0.25, 0.3) is 0 Å². The zero-order chi connectivity index (χ0) is 18.3. The van der Waals surface area contributed by atoms with Crippen molar-refractivity contribution in [2.45, 2.75) is 19.5 Å². The molecular weight excluding hydrogens is 331 g/mol.